The van der Waals surface area contributed by atoms with Crippen LogP contribution in [0.1, 0.15) is 25.6 Å². The van der Waals surface area contributed by atoms with Crippen LogP contribution in [0.25, 0.3) is 0 Å². The minimum Gasteiger partial charge on any atom is -0.480 e. The van der Waals surface area contributed by atoms with Gasteiger partial charge in [0.2, 0.25) is 5.91 Å². The molecule has 0 saturated carbocycles. The molecule has 0 spiro atoms. The minimum absolute atomic E-state index is 0.0431. The van der Waals surface area contributed by atoms with Crippen molar-refractivity contribution in [2.75, 3.05) is 6.54 Å². The molecule has 0 saturated heterocycles. The molecule has 6 heteroatoms. The van der Waals surface area contributed by atoms with Crippen molar-refractivity contribution in [3.05, 3.63) is 24.2 Å². The topological polar surface area (TPSA) is 91.6 Å². The van der Waals surface area contributed by atoms with Gasteiger partial charge >= 0.3 is 5.97 Å². The molecule has 6 nitrogen and oxygen atoms in total. The van der Waals surface area contributed by atoms with E-state index < -0.39 is 12.0 Å². The monoisotopic (exact) mass is 240 g/mol. The number of aliphatic carboxylic acids is 1. The zero-order valence-electron chi connectivity index (χ0n) is 9.77. The summed E-state index contributed by atoms with van der Waals surface area (Å²) < 4.78 is 5.13. The first-order valence-corrected chi connectivity index (χ1v) is 5.29. The summed E-state index contributed by atoms with van der Waals surface area (Å²) in [6.07, 6.45) is 1.53. The van der Waals surface area contributed by atoms with Gasteiger partial charge in [-0.05, 0) is 26.0 Å². The average Bonchev–Trinajstić information content (AvgIpc) is 2.78. The Labute approximate surface area is 99.0 Å². The van der Waals surface area contributed by atoms with Gasteiger partial charge in [0.05, 0.1) is 18.8 Å². The van der Waals surface area contributed by atoms with Crippen LogP contribution >= 0.6 is 0 Å². The first-order chi connectivity index (χ1) is 8.00. The molecule has 0 bridgehead atoms. The van der Waals surface area contributed by atoms with E-state index in [1.807, 2.05) is 0 Å². The van der Waals surface area contributed by atoms with Crippen LogP contribution in [-0.4, -0.2) is 29.6 Å². The molecule has 1 rings (SSSR count). The average molecular weight is 240 g/mol. The summed E-state index contributed by atoms with van der Waals surface area (Å²) in [5.74, 6) is -0.608. The molecule has 1 aromatic heterocycles. The maximum absolute atomic E-state index is 11.5. The fraction of sp³-hybridized carbons (Fsp3) is 0.455. The van der Waals surface area contributed by atoms with Crippen LogP contribution in [-0.2, 0) is 9.59 Å². The van der Waals surface area contributed by atoms with Crippen molar-refractivity contribution < 1.29 is 19.1 Å². The Morgan fingerprint density at radius 1 is 1.47 bits per heavy atom. The van der Waals surface area contributed by atoms with Gasteiger partial charge < -0.3 is 14.8 Å². The van der Waals surface area contributed by atoms with E-state index in [2.05, 4.69) is 10.6 Å². The van der Waals surface area contributed by atoms with Crippen molar-refractivity contribution in [3.8, 4) is 0 Å². The highest BCUT2D eigenvalue weighted by molar-refractivity contribution is 5.80. The number of carbonyl (C=O) groups excluding carboxylic acids is 1. The fourth-order valence-electron chi connectivity index (χ4n) is 1.23. The quantitative estimate of drug-likeness (QED) is 0.674. The summed E-state index contributed by atoms with van der Waals surface area (Å²) in [4.78, 5) is 22.0. The molecule has 0 aliphatic carbocycles. The normalized spacial score (nSPS) is 14.0. The summed E-state index contributed by atoms with van der Waals surface area (Å²) in [6.45, 7) is 3.22. The Bertz CT molecular complexity index is 375. The fourth-order valence-corrected chi connectivity index (χ4v) is 1.23. The highest BCUT2D eigenvalue weighted by Crippen LogP contribution is 2.11. The Morgan fingerprint density at radius 2 is 2.18 bits per heavy atom. The standard InChI is InChI=1S/C11H16N2O4/c1-7(9-4-3-5-17-9)13-10(14)6-12-8(2)11(15)16/h3-5,7-8,12H,6H2,1-2H3,(H,13,14)(H,15,16). The van der Waals surface area contributed by atoms with E-state index in [0.717, 1.165) is 0 Å². The number of carbonyl (C=O) groups is 2. The third-order valence-corrected chi connectivity index (χ3v) is 2.29. The number of carboxylic acids is 1. The first kappa shape index (κ1) is 13.2. The smallest absolute Gasteiger partial charge is 0.320 e. The van der Waals surface area contributed by atoms with Gasteiger partial charge in [0.15, 0.2) is 0 Å². The van der Waals surface area contributed by atoms with Crippen molar-refractivity contribution in [1.29, 1.82) is 0 Å². The van der Waals surface area contributed by atoms with Crippen LogP contribution < -0.4 is 10.6 Å². The van der Waals surface area contributed by atoms with Gasteiger partial charge in [-0.3, -0.25) is 14.9 Å². The van der Waals surface area contributed by atoms with Gasteiger partial charge in [-0.25, -0.2) is 0 Å². The number of nitrogens with one attached hydrogen (secondary N) is 2. The predicted molar refractivity (Wildman–Crippen MR) is 60.4 cm³/mol. The third-order valence-electron chi connectivity index (χ3n) is 2.29. The molecule has 0 aliphatic rings. The highest BCUT2D eigenvalue weighted by Gasteiger charge is 2.14. The second-order valence-electron chi connectivity index (χ2n) is 3.75. The lowest BCUT2D eigenvalue weighted by molar-refractivity contribution is -0.139. The summed E-state index contributed by atoms with van der Waals surface area (Å²) in [7, 11) is 0. The van der Waals surface area contributed by atoms with Gasteiger partial charge in [0, 0.05) is 0 Å². The van der Waals surface area contributed by atoms with Crippen molar-refractivity contribution in [2.45, 2.75) is 25.9 Å². The van der Waals surface area contributed by atoms with Gasteiger partial charge in [0.25, 0.3) is 0 Å². The molecule has 1 amide bonds. The van der Waals surface area contributed by atoms with E-state index in [9.17, 15) is 9.59 Å². The lowest BCUT2D eigenvalue weighted by atomic mass is 10.2. The number of furan rings is 1. The lowest BCUT2D eigenvalue weighted by Gasteiger charge is -2.13. The van der Waals surface area contributed by atoms with E-state index in [1.54, 1.807) is 19.1 Å². The molecular weight excluding hydrogens is 224 g/mol. The van der Waals surface area contributed by atoms with E-state index in [-0.39, 0.29) is 18.5 Å². The second kappa shape index (κ2) is 6.05. The summed E-state index contributed by atoms with van der Waals surface area (Å²) in [6, 6.07) is 2.51. The van der Waals surface area contributed by atoms with Crippen LogP contribution in [0, 0.1) is 0 Å². The largest absolute Gasteiger partial charge is 0.480 e. The number of carboxylic acid groups (broad SMARTS) is 1. The maximum atomic E-state index is 11.5. The number of rotatable bonds is 6. The zero-order chi connectivity index (χ0) is 12.8. The Morgan fingerprint density at radius 3 is 2.71 bits per heavy atom. The van der Waals surface area contributed by atoms with Gasteiger partial charge in [0.1, 0.15) is 11.8 Å². The Hall–Kier alpha value is -1.82. The highest BCUT2D eigenvalue weighted by atomic mass is 16.4. The van der Waals surface area contributed by atoms with Crippen molar-refractivity contribution in [2.24, 2.45) is 0 Å². The molecule has 0 aliphatic heterocycles. The molecule has 1 heterocycles. The predicted octanol–water partition coefficient (Wildman–Crippen LogP) is 0.519. The van der Waals surface area contributed by atoms with E-state index in [0.29, 0.717) is 5.76 Å². The Balaban J connectivity index is 2.32. The molecule has 2 unspecified atom stereocenters. The molecule has 0 radical (unpaired) electrons. The molecule has 3 N–H and O–H groups in total. The van der Waals surface area contributed by atoms with Crippen molar-refractivity contribution in [3.63, 3.8) is 0 Å². The molecule has 0 fully saturated rings. The molecule has 17 heavy (non-hydrogen) atoms. The van der Waals surface area contributed by atoms with Crippen LogP contribution in [0.2, 0.25) is 0 Å². The lowest BCUT2D eigenvalue weighted by Crippen LogP contribution is -2.41. The van der Waals surface area contributed by atoms with Crippen LogP contribution in [0.5, 0.6) is 0 Å². The minimum atomic E-state index is -0.989. The first-order valence-electron chi connectivity index (χ1n) is 5.29. The van der Waals surface area contributed by atoms with E-state index in [1.165, 1.54) is 13.2 Å². The SMILES string of the molecule is CC(NCC(=O)NC(C)c1ccco1)C(=O)O. The van der Waals surface area contributed by atoms with Crippen molar-refractivity contribution in [1.82, 2.24) is 10.6 Å². The summed E-state index contributed by atoms with van der Waals surface area (Å²) in [5, 5.41) is 13.9. The Kier molecular flexibility index (Phi) is 4.71. The zero-order valence-corrected chi connectivity index (χ0v) is 9.77. The third kappa shape index (κ3) is 4.28. The molecule has 1 aromatic rings. The van der Waals surface area contributed by atoms with Gasteiger partial charge in [-0.1, -0.05) is 0 Å². The van der Waals surface area contributed by atoms with E-state index in [4.69, 9.17) is 9.52 Å². The van der Waals surface area contributed by atoms with Gasteiger partial charge in [-0.2, -0.15) is 0 Å². The van der Waals surface area contributed by atoms with Crippen LogP contribution in [0.4, 0.5) is 0 Å². The second-order valence-corrected chi connectivity index (χ2v) is 3.75. The van der Waals surface area contributed by atoms with E-state index >= 15 is 0 Å². The van der Waals surface area contributed by atoms with Crippen molar-refractivity contribution >= 4 is 11.9 Å². The van der Waals surface area contributed by atoms with Crippen LogP contribution in [0.15, 0.2) is 22.8 Å². The maximum Gasteiger partial charge on any atom is 0.320 e. The molecule has 2 atom stereocenters. The molecule has 0 aromatic carbocycles. The summed E-state index contributed by atoms with van der Waals surface area (Å²) >= 11 is 0. The molecule has 94 valence electrons. The molecular formula is C11H16N2O4. The number of hydrogen-bond donors (Lipinski definition) is 3. The summed E-state index contributed by atoms with van der Waals surface area (Å²) in [5.41, 5.74) is 0. The van der Waals surface area contributed by atoms with Gasteiger partial charge in [-0.15, -0.1) is 0 Å². The number of amides is 1. The number of hydrogen-bond acceptors (Lipinski definition) is 4. The van der Waals surface area contributed by atoms with Crippen LogP contribution in [0.3, 0.4) is 0 Å².